The minimum absolute atomic E-state index is 0.0509. The number of carbonyl (C=O) groups is 2. The normalized spacial score (nSPS) is 11.4. The second-order valence-corrected chi connectivity index (χ2v) is 6.00. The molecule has 2 rings (SSSR count). The van der Waals surface area contributed by atoms with Gasteiger partial charge in [0, 0.05) is 12.1 Å². The Labute approximate surface area is 160 Å². The quantitative estimate of drug-likeness (QED) is 0.439. The number of para-hydroxylation sites is 1. The summed E-state index contributed by atoms with van der Waals surface area (Å²) in [6, 6.07) is 10.8. The highest BCUT2D eigenvalue weighted by Gasteiger charge is 2.20. The molecule has 2 aromatic rings. The number of esters is 1. The molecular weight excluding hydrogens is 376 g/mol. The van der Waals surface area contributed by atoms with Crippen molar-refractivity contribution >= 4 is 34.9 Å². The Bertz CT molecular complexity index is 871. The van der Waals surface area contributed by atoms with Crippen LogP contribution in [-0.2, 0) is 14.3 Å². The summed E-state index contributed by atoms with van der Waals surface area (Å²) < 4.78 is 10.4. The van der Waals surface area contributed by atoms with Crippen LogP contribution in [0.4, 0.5) is 11.4 Å². The molecule has 8 nitrogen and oxygen atoms in total. The molecule has 0 bridgehead atoms. The van der Waals surface area contributed by atoms with Crippen LogP contribution in [0.5, 0.6) is 5.75 Å². The number of anilines is 1. The number of nitrogens with zero attached hydrogens (tertiary/aromatic N) is 1. The molecule has 9 heteroatoms. The van der Waals surface area contributed by atoms with Gasteiger partial charge >= 0.3 is 5.97 Å². The number of benzene rings is 2. The molecule has 1 atom stereocenters. The van der Waals surface area contributed by atoms with Crippen LogP contribution in [0.15, 0.2) is 42.5 Å². The van der Waals surface area contributed by atoms with E-state index in [9.17, 15) is 19.7 Å². The number of hydrogen-bond donors (Lipinski definition) is 1. The zero-order valence-electron chi connectivity index (χ0n) is 14.6. The van der Waals surface area contributed by atoms with E-state index in [1.54, 1.807) is 12.1 Å². The number of hydrogen-bond acceptors (Lipinski definition) is 6. The number of non-ortho nitro benzene ring substituents is 1. The van der Waals surface area contributed by atoms with Gasteiger partial charge < -0.3 is 14.8 Å². The van der Waals surface area contributed by atoms with Gasteiger partial charge in [0.05, 0.1) is 15.6 Å². The van der Waals surface area contributed by atoms with E-state index in [0.29, 0.717) is 5.75 Å². The van der Waals surface area contributed by atoms with E-state index in [0.717, 1.165) is 11.6 Å². The van der Waals surface area contributed by atoms with Gasteiger partial charge in [-0.1, -0.05) is 29.8 Å². The largest absolute Gasteiger partial charge is 0.482 e. The summed E-state index contributed by atoms with van der Waals surface area (Å²) in [6.07, 6.45) is -1.15. The third-order valence-electron chi connectivity index (χ3n) is 3.54. The lowest BCUT2D eigenvalue weighted by Crippen LogP contribution is -2.31. The molecule has 0 aliphatic carbocycles. The van der Waals surface area contributed by atoms with E-state index in [4.69, 9.17) is 21.1 Å². The Morgan fingerprint density at radius 2 is 1.96 bits per heavy atom. The van der Waals surface area contributed by atoms with Crippen molar-refractivity contribution in [2.75, 3.05) is 11.9 Å². The second kappa shape index (κ2) is 9.00. The average molecular weight is 393 g/mol. The van der Waals surface area contributed by atoms with Crippen LogP contribution in [0, 0.1) is 17.0 Å². The first kappa shape index (κ1) is 20.2. The number of carbonyl (C=O) groups excluding carboxylic acids is 2. The summed E-state index contributed by atoms with van der Waals surface area (Å²) in [5.41, 5.74) is 0.678. The molecule has 0 aliphatic rings. The van der Waals surface area contributed by atoms with Crippen molar-refractivity contribution in [3.63, 3.8) is 0 Å². The van der Waals surface area contributed by atoms with E-state index in [1.807, 2.05) is 19.1 Å². The fourth-order valence-corrected chi connectivity index (χ4v) is 2.26. The first-order valence-electron chi connectivity index (χ1n) is 7.90. The maximum atomic E-state index is 12.2. The van der Waals surface area contributed by atoms with Crippen LogP contribution >= 0.6 is 11.6 Å². The van der Waals surface area contributed by atoms with Gasteiger partial charge in [-0.3, -0.25) is 14.9 Å². The summed E-state index contributed by atoms with van der Waals surface area (Å²) in [7, 11) is 0. The lowest BCUT2D eigenvalue weighted by molar-refractivity contribution is -0.384. The first-order chi connectivity index (χ1) is 12.8. The average Bonchev–Trinajstić information content (AvgIpc) is 2.62. The minimum Gasteiger partial charge on any atom is -0.482 e. The van der Waals surface area contributed by atoms with Crippen LogP contribution in [0.3, 0.4) is 0 Å². The Kier molecular flexibility index (Phi) is 6.73. The van der Waals surface area contributed by atoms with Crippen molar-refractivity contribution in [2.45, 2.75) is 20.0 Å². The summed E-state index contributed by atoms with van der Waals surface area (Å²) in [6.45, 7) is 2.84. The Hall–Kier alpha value is -3.13. The lowest BCUT2D eigenvalue weighted by Gasteiger charge is -2.15. The van der Waals surface area contributed by atoms with Gasteiger partial charge in [0.15, 0.2) is 12.7 Å². The van der Waals surface area contributed by atoms with E-state index in [2.05, 4.69) is 5.32 Å². The number of nitro groups is 1. The van der Waals surface area contributed by atoms with Gasteiger partial charge in [-0.25, -0.2) is 4.79 Å². The fourth-order valence-electron chi connectivity index (χ4n) is 2.10. The standard InChI is InChI=1S/C18H17ClN2O6/c1-11-5-3-4-6-16(11)26-10-17(22)27-12(2)18(23)20-15-9-13(21(24)25)7-8-14(15)19/h3-9,12H,10H2,1-2H3,(H,20,23). The highest BCUT2D eigenvalue weighted by molar-refractivity contribution is 6.33. The maximum absolute atomic E-state index is 12.2. The van der Waals surface area contributed by atoms with Crippen molar-refractivity contribution in [2.24, 2.45) is 0 Å². The molecule has 2 aromatic carbocycles. The lowest BCUT2D eigenvalue weighted by atomic mass is 10.2. The summed E-state index contributed by atoms with van der Waals surface area (Å²) in [4.78, 5) is 34.2. The van der Waals surface area contributed by atoms with Crippen LogP contribution < -0.4 is 10.1 Å². The summed E-state index contributed by atoms with van der Waals surface area (Å²) in [5.74, 6) is -0.873. The maximum Gasteiger partial charge on any atom is 0.344 e. The van der Waals surface area contributed by atoms with Gasteiger partial charge in [0.25, 0.3) is 11.6 Å². The van der Waals surface area contributed by atoms with Gasteiger partial charge in [-0.05, 0) is 31.5 Å². The fraction of sp³-hybridized carbons (Fsp3) is 0.222. The molecule has 0 aliphatic heterocycles. The molecule has 0 aromatic heterocycles. The van der Waals surface area contributed by atoms with Crippen molar-refractivity contribution in [1.82, 2.24) is 0 Å². The molecule has 1 unspecified atom stereocenters. The molecule has 1 amide bonds. The number of ether oxygens (including phenoxy) is 2. The number of rotatable bonds is 7. The van der Waals surface area contributed by atoms with E-state index in [1.165, 1.54) is 19.1 Å². The molecule has 27 heavy (non-hydrogen) atoms. The minimum atomic E-state index is -1.15. The van der Waals surface area contributed by atoms with Crippen LogP contribution in [0.2, 0.25) is 5.02 Å². The third-order valence-corrected chi connectivity index (χ3v) is 3.86. The number of nitro benzene ring substituents is 1. The molecule has 0 radical (unpaired) electrons. The van der Waals surface area contributed by atoms with Crippen molar-refractivity contribution in [1.29, 1.82) is 0 Å². The van der Waals surface area contributed by atoms with Gasteiger partial charge in [-0.15, -0.1) is 0 Å². The molecule has 0 spiro atoms. The highest BCUT2D eigenvalue weighted by Crippen LogP contribution is 2.26. The third kappa shape index (κ3) is 5.68. The molecule has 142 valence electrons. The zero-order chi connectivity index (χ0) is 20.0. The number of amides is 1. The second-order valence-electron chi connectivity index (χ2n) is 5.60. The molecule has 1 N–H and O–H groups in total. The monoisotopic (exact) mass is 392 g/mol. The van der Waals surface area contributed by atoms with Gasteiger partial charge in [0.1, 0.15) is 5.75 Å². The number of halogens is 1. The smallest absolute Gasteiger partial charge is 0.344 e. The predicted molar refractivity (Wildman–Crippen MR) is 99.0 cm³/mol. The van der Waals surface area contributed by atoms with Gasteiger partial charge in [0.2, 0.25) is 0 Å². The summed E-state index contributed by atoms with van der Waals surface area (Å²) in [5, 5.41) is 13.3. The van der Waals surface area contributed by atoms with E-state index in [-0.39, 0.29) is 23.0 Å². The molecule has 0 heterocycles. The molecular formula is C18H17ClN2O6. The van der Waals surface area contributed by atoms with Crippen LogP contribution in [-0.4, -0.2) is 29.5 Å². The van der Waals surface area contributed by atoms with Gasteiger partial charge in [-0.2, -0.15) is 0 Å². The number of nitrogens with one attached hydrogen (secondary N) is 1. The Morgan fingerprint density at radius 3 is 2.63 bits per heavy atom. The first-order valence-corrected chi connectivity index (χ1v) is 8.28. The molecule has 0 fully saturated rings. The molecule has 0 saturated heterocycles. The van der Waals surface area contributed by atoms with E-state index >= 15 is 0 Å². The van der Waals surface area contributed by atoms with Crippen molar-refractivity contribution in [3.05, 3.63) is 63.2 Å². The Morgan fingerprint density at radius 1 is 1.26 bits per heavy atom. The van der Waals surface area contributed by atoms with Crippen LogP contribution in [0.1, 0.15) is 12.5 Å². The zero-order valence-corrected chi connectivity index (χ0v) is 15.4. The SMILES string of the molecule is Cc1ccccc1OCC(=O)OC(C)C(=O)Nc1cc([N+](=O)[O-])ccc1Cl. The van der Waals surface area contributed by atoms with Crippen LogP contribution in [0.25, 0.3) is 0 Å². The predicted octanol–water partition coefficient (Wildman–Crippen LogP) is 3.51. The Balaban J connectivity index is 1.91. The highest BCUT2D eigenvalue weighted by atomic mass is 35.5. The van der Waals surface area contributed by atoms with Crippen molar-refractivity contribution in [3.8, 4) is 5.75 Å². The summed E-state index contributed by atoms with van der Waals surface area (Å²) >= 11 is 5.92. The topological polar surface area (TPSA) is 108 Å². The van der Waals surface area contributed by atoms with E-state index < -0.39 is 22.9 Å². The molecule has 0 saturated carbocycles. The number of aryl methyl sites for hydroxylation is 1. The van der Waals surface area contributed by atoms with Crippen molar-refractivity contribution < 1.29 is 24.0 Å².